The quantitative estimate of drug-likeness (QED) is 0.686. The lowest BCUT2D eigenvalue weighted by molar-refractivity contribution is -0.114. The number of carbonyl (C=O) groups is 2. The molecule has 0 bridgehead atoms. The first-order chi connectivity index (χ1) is 7.45. The fourth-order valence-electron chi connectivity index (χ4n) is 1.15. The number of aromatic carboxylic acids is 1. The average Bonchev–Trinajstić information content (AvgIpc) is 2.16. The van der Waals surface area contributed by atoms with Crippen molar-refractivity contribution >= 4 is 17.6 Å². The van der Waals surface area contributed by atoms with E-state index in [1.165, 1.54) is 6.92 Å². The van der Waals surface area contributed by atoms with Gasteiger partial charge in [-0.3, -0.25) is 4.79 Å². The van der Waals surface area contributed by atoms with Crippen molar-refractivity contribution in [2.24, 2.45) is 0 Å². The number of nitrogens with zero attached hydrogens (tertiary/aromatic N) is 1. The summed E-state index contributed by atoms with van der Waals surface area (Å²) >= 11 is 0. The summed E-state index contributed by atoms with van der Waals surface area (Å²) in [6, 6.07) is 3.77. The first-order valence-corrected chi connectivity index (χ1v) is 4.23. The Kier molecular flexibility index (Phi) is 3.11. The normalized spacial score (nSPS) is 9.25. The Morgan fingerprint density at radius 3 is 2.50 bits per heavy atom. The number of carboxylic acid groups (broad SMARTS) is 1. The van der Waals surface area contributed by atoms with E-state index >= 15 is 0 Å². The van der Waals surface area contributed by atoms with Crippen molar-refractivity contribution in [3.05, 3.63) is 23.3 Å². The Bertz CT molecular complexity index is 502. The molecule has 0 aromatic heterocycles. The minimum Gasteiger partial charge on any atom is -0.507 e. The topological polar surface area (TPSA) is 110 Å². The lowest BCUT2D eigenvalue weighted by atomic mass is 10.1. The summed E-state index contributed by atoms with van der Waals surface area (Å²) in [5.74, 6) is -2.27. The number of nitrogens with one attached hydrogen (secondary N) is 1. The maximum absolute atomic E-state index is 10.8. The van der Waals surface area contributed by atoms with Crippen LogP contribution < -0.4 is 5.32 Å². The van der Waals surface area contributed by atoms with Gasteiger partial charge in [-0.1, -0.05) is 0 Å². The minimum absolute atomic E-state index is 0.0228. The molecular weight excluding hydrogens is 212 g/mol. The second kappa shape index (κ2) is 4.31. The zero-order valence-corrected chi connectivity index (χ0v) is 8.31. The zero-order chi connectivity index (χ0) is 12.3. The molecule has 0 atom stereocenters. The lowest BCUT2D eigenvalue weighted by Gasteiger charge is -2.07. The van der Waals surface area contributed by atoms with Crippen molar-refractivity contribution in [3.63, 3.8) is 0 Å². The number of phenols is 1. The number of rotatable bonds is 2. The summed E-state index contributed by atoms with van der Waals surface area (Å²) in [4.78, 5) is 21.5. The molecule has 1 aromatic carbocycles. The van der Waals surface area contributed by atoms with Crippen LogP contribution in [0.4, 0.5) is 5.69 Å². The van der Waals surface area contributed by atoms with Crippen molar-refractivity contribution in [3.8, 4) is 11.8 Å². The largest absolute Gasteiger partial charge is 0.507 e. The van der Waals surface area contributed by atoms with Gasteiger partial charge < -0.3 is 15.5 Å². The molecule has 0 aliphatic heterocycles. The molecule has 0 aliphatic rings. The van der Waals surface area contributed by atoms with E-state index in [4.69, 9.17) is 10.4 Å². The van der Waals surface area contributed by atoms with Crippen LogP contribution in [0.15, 0.2) is 12.1 Å². The van der Waals surface area contributed by atoms with E-state index in [2.05, 4.69) is 5.32 Å². The molecule has 0 saturated heterocycles. The van der Waals surface area contributed by atoms with Crippen molar-refractivity contribution in [1.29, 1.82) is 5.26 Å². The molecule has 1 rings (SSSR count). The number of anilines is 1. The molecule has 1 aromatic rings. The summed E-state index contributed by atoms with van der Waals surface area (Å²) in [7, 11) is 0. The zero-order valence-electron chi connectivity index (χ0n) is 8.31. The fraction of sp³-hybridized carbons (Fsp3) is 0.100. The maximum atomic E-state index is 10.8. The number of carboxylic acids is 1. The SMILES string of the molecule is CC(=O)Nc1cc(O)c(C(=O)O)cc1C#N. The van der Waals surface area contributed by atoms with Gasteiger partial charge >= 0.3 is 5.97 Å². The number of nitriles is 1. The van der Waals surface area contributed by atoms with Gasteiger partial charge in [-0.05, 0) is 6.07 Å². The van der Waals surface area contributed by atoms with E-state index in [0.29, 0.717) is 0 Å². The van der Waals surface area contributed by atoms with Crippen molar-refractivity contribution in [2.75, 3.05) is 5.32 Å². The van der Waals surface area contributed by atoms with E-state index < -0.39 is 17.6 Å². The molecule has 0 unspecified atom stereocenters. The van der Waals surface area contributed by atoms with Crippen LogP contribution in [-0.4, -0.2) is 22.1 Å². The molecule has 0 fully saturated rings. The third kappa shape index (κ3) is 2.27. The molecule has 0 saturated carbocycles. The Morgan fingerprint density at radius 2 is 2.06 bits per heavy atom. The fourth-order valence-corrected chi connectivity index (χ4v) is 1.15. The molecule has 0 spiro atoms. The van der Waals surface area contributed by atoms with Gasteiger partial charge in [-0.2, -0.15) is 5.26 Å². The van der Waals surface area contributed by atoms with Crippen LogP contribution in [0, 0.1) is 11.3 Å². The van der Waals surface area contributed by atoms with Crippen LogP contribution in [0.5, 0.6) is 5.75 Å². The summed E-state index contributed by atoms with van der Waals surface area (Å²) in [6.45, 7) is 1.24. The molecule has 1 amide bonds. The van der Waals surface area contributed by atoms with Crippen LogP contribution in [0.2, 0.25) is 0 Å². The minimum atomic E-state index is -1.34. The molecule has 82 valence electrons. The Hall–Kier alpha value is -2.55. The predicted molar refractivity (Wildman–Crippen MR) is 54.1 cm³/mol. The van der Waals surface area contributed by atoms with Gasteiger partial charge in [-0.25, -0.2) is 4.79 Å². The van der Waals surface area contributed by atoms with E-state index in [9.17, 15) is 14.7 Å². The predicted octanol–water partition coefficient (Wildman–Crippen LogP) is 0.920. The molecule has 16 heavy (non-hydrogen) atoms. The number of hydrogen-bond donors (Lipinski definition) is 3. The van der Waals surface area contributed by atoms with Gasteiger partial charge in [0.2, 0.25) is 5.91 Å². The van der Waals surface area contributed by atoms with Crippen LogP contribution in [0.3, 0.4) is 0 Å². The molecule has 0 heterocycles. The van der Waals surface area contributed by atoms with E-state index in [1.54, 1.807) is 6.07 Å². The van der Waals surface area contributed by atoms with E-state index in [0.717, 1.165) is 12.1 Å². The maximum Gasteiger partial charge on any atom is 0.339 e. The van der Waals surface area contributed by atoms with Crippen LogP contribution in [-0.2, 0) is 4.79 Å². The highest BCUT2D eigenvalue weighted by Crippen LogP contribution is 2.26. The van der Waals surface area contributed by atoms with Gasteiger partial charge in [0.15, 0.2) is 0 Å². The van der Waals surface area contributed by atoms with Gasteiger partial charge in [0, 0.05) is 13.0 Å². The van der Waals surface area contributed by atoms with Gasteiger partial charge in [0.25, 0.3) is 0 Å². The van der Waals surface area contributed by atoms with E-state index in [-0.39, 0.29) is 16.8 Å². The second-order valence-corrected chi connectivity index (χ2v) is 3.01. The average molecular weight is 220 g/mol. The number of amides is 1. The molecule has 6 nitrogen and oxygen atoms in total. The highest BCUT2D eigenvalue weighted by molar-refractivity contribution is 5.95. The summed E-state index contributed by atoms with van der Waals surface area (Å²) < 4.78 is 0. The molecule has 6 heteroatoms. The molecule has 0 radical (unpaired) electrons. The number of carbonyl (C=O) groups excluding carboxylic acids is 1. The summed E-state index contributed by atoms with van der Waals surface area (Å²) in [5.41, 5.74) is -0.325. The molecule has 0 aliphatic carbocycles. The van der Waals surface area contributed by atoms with Crippen LogP contribution in [0.25, 0.3) is 0 Å². The van der Waals surface area contributed by atoms with Crippen LogP contribution >= 0.6 is 0 Å². The summed E-state index contributed by atoms with van der Waals surface area (Å²) in [5, 5.41) is 29.1. The molecule has 3 N–H and O–H groups in total. The first kappa shape index (κ1) is 11.5. The Morgan fingerprint density at radius 1 is 1.44 bits per heavy atom. The van der Waals surface area contributed by atoms with Gasteiger partial charge in [0.1, 0.15) is 17.4 Å². The Labute approximate surface area is 90.7 Å². The number of benzene rings is 1. The standard InChI is InChI=1S/C10H8N2O4/c1-5(13)12-8-3-9(14)7(10(15)16)2-6(8)4-11/h2-3,14H,1H3,(H,12,13)(H,15,16). The van der Waals surface area contributed by atoms with E-state index in [1.807, 2.05) is 0 Å². The van der Waals surface area contributed by atoms with Crippen molar-refractivity contribution in [1.82, 2.24) is 0 Å². The highest BCUT2D eigenvalue weighted by Gasteiger charge is 2.14. The van der Waals surface area contributed by atoms with Crippen molar-refractivity contribution < 1.29 is 19.8 Å². The smallest absolute Gasteiger partial charge is 0.339 e. The summed E-state index contributed by atoms with van der Waals surface area (Å²) in [6.07, 6.45) is 0. The van der Waals surface area contributed by atoms with Gasteiger partial charge in [-0.15, -0.1) is 0 Å². The highest BCUT2D eigenvalue weighted by atomic mass is 16.4. The lowest BCUT2D eigenvalue weighted by Crippen LogP contribution is -2.08. The van der Waals surface area contributed by atoms with Gasteiger partial charge in [0.05, 0.1) is 11.3 Å². The third-order valence-electron chi connectivity index (χ3n) is 1.80. The number of aromatic hydroxyl groups is 1. The molecular formula is C10H8N2O4. The first-order valence-electron chi connectivity index (χ1n) is 4.23. The number of hydrogen-bond acceptors (Lipinski definition) is 4. The monoisotopic (exact) mass is 220 g/mol. The second-order valence-electron chi connectivity index (χ2n) is 3.01. The Balaban J connectivity index is 3.33. The van der Waals surface area contributed by atoms with Crippen LogP contribution in [0.1, 0.15) is 22.8 Å². The third-order valence-corrected chi connectivity index (χ3v) is 1.80. The van der Waals surface area contributed by atoms with Crippen molar-refractivity contribution in [2.45, 2.75) is 6.92 Å².